The summed E-state index contributed by atoms with van der Waals surface area (Å²) in [7, 11) is -2.63. The fourth-order valence-corrected chi connectivity index (χ4v) is 8.00. The molecule has 3 rings (SSSR count). The number of carbonyl (C=O) groups is 1. The summed E-state index contributed by atoms with van der Waals surface area (Å²) in [6.07, 6.45) is 0. The Morgan fingerprint density at radius 3 is 1.45 bits per heavy atom. The van der Waals surface area contributed by atoms with Gasteiger partial charge in [0.15, 0.2) is 17.6 Å². The molecule has 0 spiro atoms. The highest BCUT2D eigenvalue weighted by atomic mass is 32.1. The minimum atomic E-state index is -2.63. The van der Waals surface area contributed by atoms with Gasteiger partial charge in [-0.25, -0.2) is 5.87 Å². The highest BCUT2D eigenvalue weighted by molar-refractivity contribution is 8.01. The first-order valence-corrected chi connectivity index (χ1v) is 12.2. The molecule has 0 saturated heterocycles. The second-order valence-corrected chi connectivity index (χ2v) is 11.9. The van der Waals surface area contributed by atoms with E-state index >= 15 is 0 Å². The third kappa shape index (κ3) is 4.57. The van der Waals surface area contributed by atoms with Gasteiger partial charge in [-0.05, 0) is 36.4 Å². The van der Waals surface area contributed by atoms with Crippen LogP contribution in [0.1, 0.15) is 20.8 Å². The maximum absolute atomic E-state index is 12.7. The average Bonchev–Trinajstić information content (AvgIpc) is 2.78. The quantitative estimate of drug-likeness (QED) is 0.271. The third-order valence-corrected chi connectivity index (χ3v) is 9.67. The molecule has 1 amide bonds. The van der Waals surface area contributed by atoms with Gasteiger partial charge < -0.3 is 10.7 Å². The van der Waals surface area contributed by atoms with Crippen LogP contribution in [0.5, 0.6) is 0 Å². The van der Waals surface area contributed by atoms with Gasteiger partial charge in [0.2, 0.25) is 5.91 Å². The standard InChI is InChI=1S/C26H25N2OPS/c1-26(2,3)25(29)28-24(31)23(19-27)30(20-13-7-4-8-14-20,21-15-9-5-10-16-21)22-17-11-6-12-18-22/h4-18H,1-3H3,(H,28,29,31). The second-order valence-electron chi connectivity index (χ2n) is 8.17. The fourth-order valence-electron chi connectivity index (χ4n) is 3.42. The molecule has 0 aliphatic carbocycles. The summed E-state index contributed by atoms with van der Waals surface area (Å²) >= 11 is 5.70. The van der Waals surface area contributed by atoms with E-state index in [1.165, 1.54) is 0 Å². The summed E-state index contributed by atoms with van der Waals surface area (Å²) in [5, 5.41) is 16.7. The molecular weight excluding hydrogens is 419 g/mol. The molecule has 0 aliphatic heterocycles. The number of thiocarbonyl (C=S) groups is 1. The summed E-state index contributed by atoms with van der Waals surface area (Å²) in [4.78, 5) is 12.9. The van der Waals surface area contributed by atoms with Crippen LogP contribution in [0.4, 0.5) is 0 Å². The molecule has 3 nitrogen and oxygen atoms in total. The van der Waals surface area contributed by atoms with Crippen LogP contribution in [0.3, 0.4) is 0 Å². The maximum atomic E-state index is 12.7. The number of nitrogens with zero attached hydrogens (tertiary/aromatic N) is 1. The van der Waals surface area contributed by atoms with Gasteiger partial charge in [0.25, 0.3) is 0 Å². The van der Waals surface area contributed by atoms with Crippen molar-refractivity contribution in [2.75, 3.05) is 0 Å². The number of nitrogens with one attached hydrogen (secondary N) is 1. The van der Waals surface area contributed by atoms with Crippen LogP contribution in [0.2, 0.25) is 0 Å². The first-order valence-electron chi connectivity index (χ1n) is 10.0. The predicted octanol–water partition coefficient (Wildman–Crippen LogP) is 4.59. The Bertz CT molecular complexity index is 1020. The summed E-state index contributed by atoms with van der Waals surface area (Å²) in [6.45, 7) is 5.47. The SMILES string of the molecule is CC(C)(C)C(=O)NC(=S)C(=C=[N-])[P+](c1ccccc1)(c1ccccc1)c1ccccc1. The Kier molecular flexibility index (Phi) is 6.97. The van der Waals surface area contributed by atoms with Crippen LogP contribution in [-0.4, -0.2) is 16.8 Å². The van der Waals surface area contributed by atoms with Crippen LogP contribution < -0.4 is 21.2 Å². The van der Waals surface area contributed by atoms with E-state index in [0.29, 0.717) is 5.31 Å². The highest BCUT2D eigenvalue weighted by Gasteiger charge is 2.51. The van der Waals surface area contributed by atoms with E-state index in [0.717, 1.165) is 15.9 Å². The van der Waals surface area contributed by atoms with Gasteiger partial charge in [0.05, 0.1) is 0 Å². The molecule has 0 radical (unpaired) electrons. The molecule has 0 heterocycles. The molecule has 3 aromatic rings. The number of hydrogen-bond acceptors (Lipinski definition) is 2. The zero-order valence-corrected chi connectivity index (χ0v) is 19.6. The van der Waals surface area contributed by atoms with Crippen LogP contribution in [0.15, 0.2) is 96.3 Å². The Morgan fingerprint density at radius 2 is 1.16 bits per heavy atom. The minimum Gasteiger partial charge on any atom is -0.760 e. The highest BCUT2D eigenvalue weighted by Crippen LogP contribution is 2.61. The Labute approximate surface area is 190 Å². The van der Waals surface area contributed by atoms with Crippen molar-refractivity contribution in [2.45, 2.75) is 20.8 Å². The van der Waals surface area contributed by atoms with Crippen molar-refractivity contribution in [3.05, 3.63) is 102 Å². The van der Waals surface area contributed by atoms with Gasteiger partial charge in [0.1, 0.15) is 15.9 Å². The van der Waals surface area contributed by atoms with E-state index in [9.17, 15) is 10.2 Å². The van der Waals surface area contributed by atoms with Crippen molar-refractivity contribution in [3.8, 4) is 0 Å². The summed E-state index contributed by atoms with van der Waals surface area (Å²) in [5.41, 5.74) is -0.627. The zero-order chi connectivity index (χ0) is 22.5. The largest absolute Gasteiger partial charge is 0.760 e. The van der Waals surface area contributed by atoms with Crippen molar-refractivity contribution >= 4 is 52.2 Å². The van der Waals surface area contributed by atoms with Crippen molar-refractivity contribution in [3.63, 3.8) is 0 Å². The van der Waals surface area contributed by atoms with E-state index in [1.54, 1.807) is 0 Å². The molecule has 3 aromatic carbocycles. The smallest absolute Gasteiger partial charge is 0.230 e. The molecule has 0 saturated carbocycles. The fraction of sp³-hybridized carbons (Fsp3) is 0.154. The van der Waals surface area contributed by atoms with E-state index in [1.807, 2.05) is 112 Å². The van der Waals surface area contributed by atoms with Gasteiger partial charge in [-0.15, -0.1) is 0 Å². The van der Waals surface area contributed by atoms with E-state index in [2.05, 4.69) is 11.2 Å². The molecule has 0 atom stereocenters. The molecule has 0 aromatic heterocycles. The lowest BCUT2D eigenvalue weighted by molar-refractivity contribution is -0.126. The lowest BCUT2D eigenvalue weighted by Gasteiger charge is -2.30. The van der Waals surface area contributed by atoms with Crippen LogP contribution in [0, 0.1) is 5.41 Å². The van der Waals surface area contributed by atoms with Crippen molar-refractivity contribution in [2.24, 2.45) is 5.41 Å². The van der Waals surface area contributed by atoms with Crippen molar-refractivity contribution in [1.82, 2.24) is 5.32 Å². The minimum absolute atomic E-state index is 0.187. The Hall–Kier alpha value is -2.90. The van der Waals surface area contributed by atoms with E-state index < -0.39 is 12.7 Å². The second kappa shape index (κ2) is 9.49. The topological polar surface area (TPSA) is 51.4 Å². The monoisotopic (exact) mass is 444 g/mol. The Morgan fingerprint density at radius 1 is 0.806 bits per heavy atom. The van der Waals surface area contributed by atoms with Crippen LogP contribution in [-0.2, 0) is 4.79 Å². The van der Waals surface area contributed by atoms with Gasteiger partial charge >= 0.3 is 0 Å². The third-order valence-electron chi connectivity index (χ3n) is 5.00. The number of carbonyl (C=O) groups excluding carboxylic acids is 1. The summed E-state index contributed by atoms with van der Waals surface area (Å²) in [5.74, 6) is 2.19. The molecule has 156 valence electrons. The lowest BCUT2D eigenvalue weighted by atomic mass is 9.96. The van der Waals surface area contributed by atoms with Gasteiger partial charge in [-0.3, -0.25) is 4.79 Å². The van der Waals surface area contributed by atoms with Gasteiger partial charge in [0, 0.05) is 5.41 Å². The predicted molar refractivity (Wildman–Crippen MR) is 137 cm³/mol. The first-order chi connectivity index (χ1) is 14.8. The number of amides is 1. The Balaban J connectivity index is 2.33. The van der Waals surface area contributed by atoms with Gasteiger partial charge in [-0.1, -0.05) is 87.6 Å². The molecular formula is C26H25N2OPS. The molecule has 1 N–H and O–H groups in total. The normalized spacial score (nSPS) is 11.3. The zero-order valence-electron chi connectivity index (χ0n) is 17.9. The van der Waals surface area contributed by atoms with Crippen molar-refractivity contribution < 1.29 is 4.79 Å². The number of benzene rings is 3. The van der Waals surface area contributed by atoms with Crippen molar-refractivity contribution in [1.29, 1.82) is 0 Å². The number of rotatable bonds is 5. The molecule has 5 heteroatoms. The molecule has 0 fully saturated rings. The first kappa shape index (κ1) is 22.8. The van der Waals surface area contributed by atoms with Gasteiger partial charge in [-0.2, -0.15) is 0 Å². The van der Waals surface area contributed by atoms with Crippen LogP contribution in [0.25, 0.3) is 5.41 Å². The molecule has 31 heavy (non-hydrogen) atoms. The van der Waals surface area contributed by atoms with Crippen LogP contribution >= 0.6 is 19.5 Å². The number of hydrogen-bond donors (Lipinski definition) is 1. The molecule has 0 unspecified atom stereocenters. The molecule has 0 aliphatic rings. The average molecular weight is 445 g/mol. The van der Waals surface area contributed by atoms with E-state index in [4.69, 9.17) is 12.2 Å². The summed E-state index contributed by atoms with van der Waals surface area (Å²) < 4.78 is 0. The van der Waals surface area contributed by atoms with E-state index in [-0.39, 0.29) is 10.9 Å². The maximum Gasteiger partial charge on any atom is 0.230 e. The summed E-state index contributed by atoms with van der Waals surface area (Å²) in [6, 6.07) is 30.0. The lowest BCUT2D eigenvalue weighted by Crippen LogP contribution is -2.42. The molecule has 0 bridgehead atoms.